The largest absolute Gasteiger partial charge is 0.613 e. The van der Waals surface area contributed by atoms with Crippen molar-refractivity contribution >= 4 is 47.4 Å². The topological polar surface area (TPSA) is 65.1 Å². The zero-order valence-electron chi connectivity index (χ0n) is 12.4. The zero-order chi connectivity index (χ0) is 17.6. The van der Waals surface area contributed by atoms with Crippen LogP contribution < -0.4 is 0 Å². The first kappa shape index (κ1) is 20.0. The molecule has 23 heavy (non-hydrogen) atoms. The Kier molecular flexibility index (Phi) is 7.61. The van der Waals surface area contributed by atoms with Crippen LogP contribution in [0.1, 0.15) is 13.3 Å². The van der Waals surface area contributed by atoms with Gasteiger partial charge in [-0.25, -0.2) is 0 Å². The molecule has 0 aromatic carbocycles. The highest BCUT2D eigenvalue weighted by atomic mass is 32.2. The molecule has 1 fully saturated rings. The number of likely N-dealkylation sites (N-methyl/N-ethyl adjacent to an activating group) is 1. The van der Waals surface area contributed by atoms with E-state index in [1.807, 2.05) is 0 Å². The fourth-order valence-corrected chi connectivity index (χ4v) is 3.12. The summed E-state index contributed by atoms with van der Waals surface area (Å²) in [7, 11) is -0.205. The minimum atomic E-state index is -4.56. The molecule has 0 aromatic heterocycles. The molecule has 0 saturated carbocycles. The minimum Gasteiger partial charge on any atom is -0.497 e. The van der Waals surface area contributed by atoms with Gasteiger partial charge in [-0.15, -0.1) is 0 Å². The lowest BCUT2D eigenvalue weighted by Crippen LogP contribution is -2.48. The maximum Gasteiger partial charge on any atom is 0.613 e. The van der Waals surface area contributed by atoms with Gasteiger partial charge in [-0.1, -0.05) is 11.8 Å². The fourth-order valence-electron chi connectivity index (χ4n) is 1.70. The second-order valence-corrected chi connectivity index (χ2v) is 6.52. The SMILES string of the molecule is CCOC(=S)SC(CC(F)(F)F)B1OC(=O)CN(C)CC(=O)O1. The third-order valence-corrected chi connectivity index (χ3v) is 3.95. The van der Waals surface area contributed by atoms with E-state index in [2.05, 4.69) is 0 Å². The molecule has 12 heteroatoms. The van der Waals surface area contributed by atoms with Crippen LogP contribution in [0, 0.1) is 0 Å². The zero-order valence-corrected chi connectivity index (χ0v) is 14.1. The summed E-state index contributed by atoms with van der Waals surface area (Å²) >= 11 is 5.36. The number of thioether (sulfide) groups is 1. The molecule has 0 spiro atoms. The van der Waals surface area contributed by atoms with E-state index in [4.69, 9.17) is 26.3 Å². The van der Waals surface area contributed by atoms with Crippen LogP contribution in [0.2, 0.25) is 0 Å². The molecular formula is C11H15BF3NO5S2. The van der Waals surface area contributed by atoms with E-state index in [9.17, 15) is 22.8 Å². The molecule has 1 atom stereocenters. The Morgan fingerprint density at radius 1 is 1.39 bits per heavy atom. The molecule has 0 bridgehead atoms. The highest BCUT2D eigenvalue weighted by Gasteiger charge is 2.46. The molecule has 0 aromatic rings. The number of carbonyl (C=O) groups excluding carboxylic acids is 2. The Balaban J connectivity index is 2.90. The fraction of sp³-hybridized carbons (Fsp3) is 0.727. The van der Waals surface area contributed by atoms with Gasteiger partial charge in [-0.05, 0) is 26.2 Å². The van der Waals surface area contributed by atoms with Gasteiger partial charge in [0.2, 0.25) is 4.38 Å². The van der Waals surface area contributed by atoms with Crippen LogP contribution in [0.25, 0.3) is 0 Å². The number of rotatable bonds is 4. The van der Waals surface area contributed by atoms with Gasteiger partial charge in [-0.2, -0.15) is 13.2 Å². The first-order chi connectivity index (χ1) is 10.6. The van der Waals surface area contributed by atoms with Gasteiger partial charge < -0.3 is 14.0 Å². The van der Waals surface area contributed by atoms with Gasteiger partial charge >= 0.3 is 25.2 Å². The summed E-state index contributed by atoms with van der Waals surface area (Å²) in [6.45, 7) is 1.34. The number of halogens is 3. The average Bonchev–Trinajstić information content (AvgIpc) is 2.33. The second kappa shape index (κ2) is 8.74. The lowest BCUT2D eigenvalue weighted by atomic mass is 9.81. The summed E-state index contributed by atoms with van der Waals surface area (Å²) in [6, 6.07) is 0. The lowest BCUT2D eigenvalue weighted by Gasteiger charge is -2.27. The van der Waals surface area contributed by atoms with Crippen LogP contribution in [0.5, 0.6) is 0 Å². The van der Waals surface area contributed by atoms with Crippen molar-refractivity contribution in [2.45, 2.75) is 24.7 Å². The summed E-state index contributed by atoms with van der Waals surface area (Å²) in [6.07, 6.45) is -5.91. The van der Waals surface area contributed by atoms with Crippen LogP contribution >= 0.6 is 24.0 Å². The van der Waals surface area contributed by atoms with E-state index >= 15 is 0 Å². The molecular weight excluding hydrogens is 358 g/mol. The molecule has 0 N–H and O–H groups in total. The Morgan fingerprint density at radius 2 is 1.91 bits per heavy atom. The van der Waals surface area contributed by atoms with Gasteiger partial charge in [0.1, 0.15) is 0 Å². The van der Waals surface area contributed by atoms with E-state index in [1.165, 1.54) is 11.9 Å². The minimum absolute atomic E-state index is 0.145. The van der Waals surface area contributed by atoms with Crippen LogP contribution in [0.15, 0.2) is 0 Å². The van der Waals surface area contributed by atoms with Gasteiger partial charge in [0, 0.05) is 0 Å². The molecule has 1 rings (SSSR count). The van der Waals surface area contributed by atoms with Crippen molar-refractivity contribution < 1.29 is 36.8 Å². The Hall–Kier alpha value is -1.01. The molecule has 1 aliphatic heterocycles. The summed E-state index contributed by atoms with van der Waals surface area (Å²) in [5.74, 6) is -1.58. The normalized spacial score (nSPS) is 18.6. The van der Waals surface area contributed by atoms with Gasteiger partial charge in [0.05, 0.1) is 31.3 Å². The first-order valence-corrected chi connectivity index (χ1v) is 7.87. The van der Waals surface area contributed by atoms with Crippen molar-refractivity contribution in [3.63, 3.8) is 0 Å². The average molecular weight is 373 g/mol. The van der Waals surface area contributed by atoms with Crippen LogP contribution in [-0.2, 0) is 23.6 Å². The highest BCUT2D eigenvalue weighted by Crippen LogP contribution is 2.31. The maximum absolute atomic E-state index is 12.7. The van der Waals surface area contributed by atoms with E-state index in [-0.39, 0.29) is 24.1 Å². The van der Waals surface area contributed by atoms with Crippen molar-refractivity contribution in [2.75, 3.05) is 26.7 Å². The van der Waals surface area contributed by atoms with Crippen LogP contribution in [0.3, 0.4) is 0 Å². The lowest BCUT2D eigenvalue weighted by molar-refractivity contribution is -0.148. The third kappa shape index (κ3) is 7.89. The maximum atomic E-state index is 12.7. The molecule has 1 aliphatic rings. The third-order valence-electron chi connectivity index (χ3n) is 2.54. The summed E-state index contributed by atoms with van der Waals surface area (Å²) in [5.41, 5.74) is 0. The number of hydrogen-bond donors (Lipinski definition) is 0. The van der Waals surface area contributed by atoms with Crippen molar-refractivity contribution in [3.8, 4) is 0 Å². The number of carbonyl (C=O) groups is 2. The molecule has 130 valence electrons. The Labute approximate surface area is 141 Å². The number of hydrogen-bond acceptors (Lipinski definition) is 8. The molecule has 1 unspecified atom stereocenters. The van der Waals surface area contributed by atoms with E-state index in [1.54, 1.807) is 6.92 Å². The molecule has 6 nitrogen and oxygen atoms in total. The number of nitrogens with zero attached hydrogens (tertiary/aromatic N) is 1. The van der Waals surface area contributed by atoms with Gasteiger partial charge in [0.15, 0.2) is 0 Å². The smallest absolute Gasteiger partial charge is 0.497 e. The van der Waals surface area contributed by atoms with Gasteiger partial charge in [-0.3, -0.25) is 14.5 Å². The monoisotopic (exact) mass is 373 g/mol. The van der Waals surface area contributed by atoms with Crippen molar-refractivity contribution in [1.82, 2.24) is 4.90 Å². The second-order valence-electron chi connectivity index (χ2n) is 4.68. The molecule has 0 amide bonds. The summed E-state index contributed by atoms with van der Waals surface area (Å²) < 4.78 is 52.8. The van der Waals surface area contributed by atoms with Gasteiger partial charge in [0.25, 0.3) is 0 Å². The standard InChI is InChI=1S/C11H15BF3NO5S2/c1-3-19-10(22)23-7(4-11(13,14)15)12-20-8(17)5-16(2)6-9(18)21-12/h7H,3-6H2,1-2H3. The summed E-state index contributed by atoms with van der Waals surface area (Å²) in [5, 5.41) is -1.44. The number of alkyl halides is 3. The molecule has 1 saturated heterocycles. The summed E-state index contributed by atoms with van der Waals surface area (Å²) in [4.78, 5) is 24.6. The van der Waals surface area contributed by atoms with Crippen molar-refractivity contribution in [1.29, 1.82) is 0 Å². The number of ether oxygens (including phenoxy) is 1. The Bertz CT molecular complexity index is 445. The quantitative estimate of drug-likeness (QED) is 0.542. The number of thiocarbonyl (C=S) groups is 1. The highest BCUT2D eigenvalue weighted by molar-refractivity contribution is 8.23. The first-order valence-electron chi connectivity index (χ1n) is 6.58. The molecule has 1 heterocycles. The van der Waals surface area contributed by atoms with Crippen LogP contribution in [-0.4, -0.2) is 66.4 Å². The van der Waals surface area contributed by atoms with E-state index < -0.39 is 36.8 Å². The van der Waals surface area contributed by atoms with E-state index in [0.29, 0.717) is 11.8 Å². The predicted octanol–water partition coefficient (Wildman–Crippen LogP) is 1.42. The predicted molar refractivity (Wildman–Crippen MR) is 81.7 cm³/mol. The van der Waals surface area contributed by atoms with Crippen molar-refractivity contribution in [2.24, 2.45) is 0 Å². The van der Waals surface area contributed by atoms with Crippen LogP contribution in [0.4, 0.5) is 13.2 Å². The van der Waals surface area contributed by atoms with Crippen molar-refractivity contribution in [3.05, 3.63) is 0 Å². The molecule has 0 aliphatic carbocycles. The molecule has 0 radical (unpaired) electrons. The Morgan fingerprint density at radius 3 is 2.35 bits per heavy atom. The van der Waals surface area contributed by atoms with E-state index in [0.717, 1.165) is 0 Å².